The molecule has 4 heteroatoms. The number of benzene rings is 1. The molecule has 0 bridgehead atoms. The highest BCUT2D eigenvalue weighted by molar-refractivity contribution is 9.10. The van der Waals surface area contributed by atoms with Gasteiger partial charge in [-0.15, -0.1) is 0 Å². The van der Waals surface area contributed by atoms with Crippen LogP contribution >= 0.6 is 15.9 Å². The summed E-state index contributed by atoms with van der Waals surface area (Å²) < 4.78 is 1.03. The quantitative estimate of drug-likeness (QED) is 0.771. The number of carbonyl (C=O) groups excluding carboxylic acids is 1. The smallest absolute Gasteiger partial charge is 0.321 e. The maximum atomic E-state index is 12.1. The molecule has 0 aromatic heterocycles. The van der Waals surface area contributed by atoms with Gasteiger partial charge in [0.25, 0.3) is 0 Å². The van der Waals surface area contributed by atoms with Gasteiger partial charge >= 0.3 is 6.03 Å². The van der Waals surface area contributed by atoms with Gasteiger partial charge in [0.1, 0.15) is 0 Å². The van der Waals surface area contributed by atoms with Gasteiger partial charge in [-0.05, 0) is 36.6 Å². The molecule has 0 spiro atoms. The van der Waals surface area contributed by atoms with Gasteiger partial charge in [-0.25, -0.2) is 4.79 Å². The molecule has 1 N–H and O–H groups in total. The Morgan fingerprint density at radius 3 is 2.75 bits per heavy atom. The van der Waals surface area contributed by atoms with Crippen LogP contribution in [-0.2, 0) is 0 Å². The summed E-state index contributed by atoms with van der Waals surface area (Å²) in [6.07, 6.45) is 6.72. The van der Waals surface area contributed by atoms with Crippen LogP contribution in [0.2, 0.25) is 0 Å². The summed E-state index contributed by atoms with van der Waals surface area (Å²) in [6.45, 7) is 5.84. The fourth-order valence-electron chi connectivity index (χ4n) is 1.84. The first-order chi connectivity index (χ1) is 9.67. The topological polar surface area (TPSA) is 32.3 Å². The second-order valence-electron chi connectivity index (χ2n) is 4.68. The van der Waals surface area contributed by atoms with Crippen LogP contribution in [-0.4, -0.2) is 24.0 Å². The van der Waals surface area contributed by atoms with Crippen LogP contribution in [0, 0.1) is 0 Å². The summed E-state index contributed by atoms with van der Waals surface area (Å²) in [4.78, 5) is 13.9. The molecule has 0 fully saturated rings. The largest absolute Gasteiger partial charge is 0.325 e. The highest BCUT2D eigenvalue weighted by Gasteiger charge is 2.09. The molecular weight excluding hydrogens is 316 g/mol. The van der Waals surface area contributed by atoms with E-state index in [0.717, 1.165) is 42.4 Å². The molecule has 110 valence electrons. The molecule has 3 nitrogen and oxygen atoms in total. The maximum Gasteiger partial charge on any atom is 0.321 e. The zero-order valence-electron chi connectivity index (χ0n) is 12.2. The van der Waals surface area contributed by atoms with E-state index in [1.165, 1.54) is 0 Å². The number of amides is 2. The molecule has 0 aliphatic heterocycles. The van der Waals surface area contributed by atoms with Gasteiger partial charge in [-0.3, -0.25) is 0 Å². The molecule has 0 atom stereocenters. The predicted octanol–water partition coefficient (Wildman–Crippen LogP) is 4.64. The minimum absolute atomic E-state index is 0.0217. The Labute approximate surface area is 130 Å². The van der Waals surface area contributed by atoms with E-state index in [2.05, 4.69) is 35.1 Å². The molecule has 0 radical (unpaired) electrons. The summed E-state index contributed by atoms with van der Waals surface area (Å²) in [6, 6.07) is 7.92. The molecule has 20 heavy (non-hydrogen) atoms. The maximum absolute atomic E-state index is 12.1. The van der Waals surface area contributed by atoms with Gasteiger partial charge in [0, 0.05) is 23.8 Å². The van der Waals surface area contributed by atoms with Gasteiger partial charge in [0.2, 0.25) is 0 Å². The van der Waals surface area contributed by atoms with E-state index in [1.807, 2.05) is 35.2 Å². The predicted molar refractivity (Wildman–Crippen MR) is 88.5 cm³/mol. The van der Waals surface area contributed by atoms with Crippen LogP contribution in [0.4, 0.5) is 4.79 Å². The number of hydrogen-bond acceptors (Lipinski definition) is 1. The Bertz CT molecular complexity index is 446. The molecule has 0 heterocycles. The number of carbonyl (C=O) groups is 1. The fraction of sp³-hybridized carbons (Fsp3) is 0.438. The first-order valence-electron chi connectivity index (χ1n) is 7.15. The second kappa shape index (κ2) is 9.59. The number of halogens is 1. The van der Waals surface area contributed by atoms with Crippen molar-refractivity contribution < 1.29 is 4.79 Å². The first kappa shape index (κ1) is 16.8. The van der Waals surface area contributed by atoms with Crippen molar-refractivity contribution in [3.8, 4) is 0 Å². The molecule has 0 unspecified atom stereocenters. The lowest BCUT2D eigenvalue weighted by Gasteiger charge is -2.21. The van der Waals surface area contributed by atoms with Gasteiger partial charge in [0.15, 0.2) is 0 Å². The van der Waals surface area contributed by atoms with E-state index >= 15 is 0 Å². The minimum atomic E-state index is -0.0217. The SMILES string of the molecule is CCCCN(CCC)C(=O)N/C=C/c1cccc(Br)c1. The van der Waals surface area contributed by atoms with Crippen LogP contribution in [0.5, 0.6) is 0 Å². The molecule has 1 aromatic carbocycles. The van der Waals surface area contributed by atoms with Crippen molar-refractivity contribution >= 4 is 28.0 Å². The lowest BCUT2D eigenvalue weighted by Crippen LogP contribution is -2.38. The average molecular weight is 339 g/mol. The van der Waals surface area contributed by atoms with Crippen LogP contribution in [0.25, 0.3) is 6.08 Å². The number of nitrogens with one attached hydrogen (secondary N) is 1. The Kier molecular flexibility index (Phi) is 8.04. The number of nitrogens with zero attached hydrogens (tertiary/aromatic N) is 1. The molecule has 2 amide bonds. The molecule has 1 rings (SSSR count). The van der Waals surface area contributed by atoms with Crippen molar-refractivity contribution in [1.29, 1.82) is 0 Å². The second-order valence-corrected chi connectivity index (χ2v) is 5.59. The van der Waals surface area contributed by atoms with Crippen molar-refractivity contribution in [2.24, 2.45) is 0 Å². The summed E-state index contributed by atoms with van der Waals surface area (Å²) in [7, 11) is 0. The molecule has 0 aliphatic carbocycles. The van der Waals surface area contributed by atoms with Crippen molar-refractivity contribution in [1.82, 2.24) is 10.2 Å². The highest BCUT2D eigenvalue weighted by Crippen LogP contribution is 2.12. The summed E-state index contributed by atoms with van der Waals surface area (Å²) in [5.41, 5.74) is 1.05. The van der Waals surface area contributed by atoms with Gasteiger partial charge < -0.3 is 10.2 Å². The molecule has 1 aromatic rings. The number of urea groups is 1. The highest BCUT2D eigenvalue weighted by atomic mass is 79.9. The minimum Gasteiger partial charge on any atom is -0.325 e. The van der Waals surface area contributed by atoms with Crippen molar-refractivity contribution in [3.05, 3.63) is 40.5 Å². The third-order valence-corrected chi connectivity index (χ3v) is 3.39. The Balaban J connectivity index is 2.51. The number of unbranched alkanes of at least 4 members (excludes halogenated alkanes) is 1. The van der Waals surface area contributed by atoms with Crippen LogP contribution in [0.1, 0.15) is 38.7 Å². The van der Waals surface area contributed by atoms with Crippen molar-refractivity contribution in [2.45, 2.75) is 33.1 Å². The number of hydrogen-bond donors (Lipinski definition) is 1. The summed E-state index contributed by atoms with van der Waals surface area (Å²) in [5, 5.41) is 2.84. The van der Waals surface area contributed by atoms with Crippen LogP contribution in [0.3, 0.4) is 0 Å². The summed E-state index contributed by atoms with van der Waals surface area (Å²) in [5.74, 6) is 0. The van der Waals surface area contributed by atoms with Crippen LogP contribution < -0.4 is 5.32 Å². The van der Waals surface area contributed by atoms with E-state index in [-0.39, 0.29) is 6.03 Å². The van der Waals surface area contributed by atoms with E-state index in [9.17, 15) is 4.79 Å². The average Bonchev–Trinajstić information content (AvgIpc) is 2.43. The molecule has 0 saturated heterocycles. The number of rotatable bonds is 7. The van der Waals surface area contributed by atoms with E-state index in [4.69, 9.17) is 0 Å². The van der Waals surface area contributed by atoms with Crippen LogP contribution in [0.15, 0.2) is 34.9 Å². The van der Waals surface area contributed by atoms with Gasteiger partial charge in [-0.1, -0.05) is 48.3 Å². The zero-order chi connectivity index (χ0) is 14.8. The Hall–Kier alpha value is -1.29. The zero-order valence-corrected chi connectivity index (χ0v) is 13.8. The van der Waals surface area contributed by atoms with E-state index in [1.54, 1.807) is 6.20 Å². The van der Waals surface area contributed by atoms with E-state index < -0.39 is 0 Å². The van der Waals surface area contributed by atoms with Crippen molar-refractivity contribution in [2.75, 3.05) is 13.1 Å². The van der Waals surface area contributed by atoms with Crippen molar-refractivity contribution in [3.63, 3.8) is 0 Å². The monoisotopic (exact) mass is 338 g/mol. The lowest BCUT2D eigenvalue weighted by molar-refractivity contribution is 0.200. The molecular formula is C16H23BrN2O. The molecule has 0 aliphatic rings. The Morgan fingerprint density at radius 2 is 2.10 bits per heavy atom. The standard InChI is InChI=1S/C16H23BrN2O/c1-3-5-12-19(11-4-2)16(20)18-10-9-14-7-6-8-15(17)13-14/h6-10,13H,3-5,11-12H2,1-2H3,(H,18,20)/b10-9+. The lowest BCUT2D eigenvalue weighted by atomic mass is 10.2. The third-order valence-electron chi connectivity index (χ3n) is 2.89. The van der Waals surface area contributed by atoms with Gasteiger partial charge in [0.05, 0.1) is 0 Å². The third kappa shape index (κ3) is 6.24. The molecule has 0 saturated carbocycles. The normalized spacial score (nSPS) is 10.8. The summed E-state index contributed by atoms with van der Waals surface area (Å²) >= 11 is 3.43. The van der Waals surface area contributed by atoms with E-state index in [0.29, 0.717) is 0 Å². The van der Waals surface area contributed by atoms with Gasteiger partial charge in [-0.2, -0.15) is 0 Å². The fourth-order valence-corrected chi connectivity index (χ4v) is 2.26. The Morgan fingerprint density at radius 1 is 1.30 bits per heavy atom. The first-order valence-corrected chi connectivity index (χ1v) is 7.94.